The number of nitrogens with zero attached hydrogens (tertiary/aromatic N) is 4. The molecule has 82 valence electrons. The van der Waals surface area contributed by atoms with E-state index in [1.807, 2.05) is 0 Å². The van der Waals surface area contributed by atoms with Crippen molar-refractivity contribution in [1.29, 1.82) is 5.26 Å². The number of carbonyl (C=O) groups excluding carboxylic acids is 1. The van der Waals surface area contributed by atoms with Gasteiger partial charge >= 0.3 is 5.91 Å². The first-order chi connectivity index (χ1) is 7.45. The highest BCUT2D eigenvalue weighted by molar-refractivity contribution is 6.03. The summed E-state index contributed by atoms with van der Waals surface area (Å²) in [7, 11) is 0. The van der Waals surface area contributed by atoms with Crippen molar-refractivity contribution in [3.05, 3.63) is 11.4 Å². The van der Waals surface area contributed by atoms with Crippen LogP contribution in [0.2, 0.25) is 0 Å². The van der Waals surface area contributed by atoms with Crippen LogP contribution in [0.25, 0.3) is 0 Å². The number of guanidine groups is 1. The molecule has 0 aromatic carbocycles. The van der Waals surface area contributed by atoms with Gasteiger partial charge in [-0.15, -0.1) is 0 Å². The van der Waals surface area contributed by atoms with Crippen LogP contribution in [-0.4, -0.2) is 21.8 Å². The molecule has 0 unspecified atom stereocenters. The molecule has 0 saturated carbocycles. The van der Waals surface area contributed by atoms with Gasteiger partial charge in [-0.3, -0.25) is 4.79 Å². The second-order valence-corrected chi connectivity index (χ2v) is 2.64. The zero-order chi connectivity index (χ0) is 12.3. The Labute approximate surface area is 89.8 Å². The molecule has 0 aliphatic rings. The lowest BCUT2D eigenvalue weighted by Gasteiger charge is -2.02. The summed E-state index contributed by atoms with van der Waals surface area (Å²) in [4.78, 5) is 21.8. The van der Waals surface area contributed by atoms with E-state index in [4.69, 9.17) is 28.2 Å². The second-order valence-electron chi connectivity index (χ2n) is 2.64. The minimum Gasteiger partial charge on any atom is -0.382 e. The van der Waals surface area contributed by atoms with E-state index in [2.05, 4.69) is 15.0 Å². The molecule has 0 atom stereocenters. The Morgan fingerprint density at radius 2 is 1.88 bits per heavy atom. The zero-order valence-electron chi connectivity index (χ0n) is 8.01. The molecule has 0 fully saturated rings. The van der Waals surface area contributed by atoms with Gasteiger partial charge in [-0.05, 0) is 0 Å². The third-order valence-corrected chi connectivity index (χ3v) is 1.49. The van der Waals surface area contributed by atoms with E-state index in [0.29, 0.717) is 0 Å². The molecular formula is C7H8N8O. The number of hydrogen-bond acceptors (Lipinski definition) is 6. The lowest BCUT2D eigenvalue weighted by atomic mass is 10.3. The molecule has 1 aromatic rings. The number of amides is 1. The van der Waals surface area contributed by atoms with Crippen LogP contribution in [0.3, 0.4) is 0 Å². The Bertz CT molecular complexity index is 510. The highest BCUT2D eigenvalue weighted by Crippen LogP contribution is 2.12. The maximum atomic E-state index is 11.4. The molecule has 8 N–H and O–H groups in total. The summed E-state index contributed by atoms with van der Waals surface area (Å²) >= 11 is 0. The second kappa shape index (κ2) is 4.09. The average Bonchev–Trinajstić information content (AvgIpc) is 2.16. The Morgan fingerprint density at radius 3 is 2.38 bits per heavy atom. The van der Waals surface area contributed by atoms with Crippen LogP contribution in [0.5, 0.6) is 0 Å². The standard InChI is InChI=1S/C7H8N8O/c8-1-2-4(9)14-5(10)3(13-2)6(16)15-7(11)12/h(H4,9,10,14)(H4,11,12,15,16). The topological polar surface area (TPSA) is 183 Å². The number of hydrogen-bond donors (Lipinski definition) is 4. The van der Waals surface area contributed by atoms with E-state index in [1.54, 1.807) is 6.07 Å². The van der Waals surface area contributed by atoms with Gasteiger partial charge in [0.15, 0.2) is 29.0 Å². The molecule has 9 nitrogen and oxygen atoms in total. The van der Waals surface area contributed by atoms with Gasteiger partial charge in [-0.25, -0.2) is 9.97 Å². The van der Waals surface area contributed by atoms with Gasteiger partial charge in [0.2, 0.25) is 0 Å². The molecule has 0 aliphatic heterocycles. The van der Waals surface area contributed by atoms with E-state index >= 15 is 0 Å². The van der Waals surface area contributed by atoms with Crippen molar-refractivity contribution in [3.8, 4) is 6.07 Å². The number of nitrogens with two attached hydrogens (primary N) is 4. The van der Waals surface area contributed by atoms with Gasteiger partial charge in [0, 0.05) is 0 Å². The van der Waals surface area contributed by atoms with Crippen molar-refractivity contribution in [2.24, 2.45) is 16.5 Å². The maximum absolute atomic E-state index is 11.4. The molecule has 0 radical (unpaired) electrons. The summed E-state index contributed by atoms with van der Waals surface area (Å²) in [6, 6.07) is 1.65. The highest BCUT2D eigenvalue weighted by Gasteiger charge is 2.16. The summed E-state index contributed by atoms with van der Waals surface area (Å²) in [5, 5.41) is 8.63. The lowest BCUT2D eigenvalue weighted by molar-refractivity contribution is 0.0998. The van der Waals surface area contributed by atoms with Crippen LogP contribution in [0, 0.1) is 11.3 Å². The lowest BCUT2D eigenvalue weighted by Crippen LogP contribution is -2.25. The number of aliphatic imine (C=N–C) groups is 1. The molecule has 0 aliphatic carbocycles. The third-order valence-electron chi connectivity index (χ3n) is 1.49. The molecule has 0 saturated heterocycles. The van der Waals surface area contributed by atoms with Gasteiger partial charge in [-0.1, -0.05) is 0 Å². The number of nitrogen functional groups attached to an aromatic ring is 2. The van der Waals surface area contributed by atoms with Crippen molar-refractivity contribution < 1.29 is 4.79 Å². The minimum atomic E-state index is -0.888. The predicted molar refractivity (Wildman–Crippen MR) is 55.7 cm³/mol. The van der Waals surface area contributed by atoms with Crippen LogP contribution >= 0.6 is 0 Å². The number of aromatic nitrogens is 2. The summed E-state index contributed by atoms with van der Waals surface area (Å²) in [6.45, 7) is 0. The zero-order valence-corrected chi connectivity index (χ0v) is 8.01. The Hall–Kier alpha value is -2.89. The summed E-state index contributed by atoms with van der Waals surface area (Å²) in [5.74, 6) is -1.74. The maximum Gasteiger partial charge on any atom is 0.302 e. The Balaban J connectivity index is 3.31. The van der Waals surface area contributed by atoms with Crippen molar-refractivity contribution in [3.63, 3.8) is 0 Å². The molecule has 16 heavy (non-hydrogen) atoms. The molecule has 9 heteroatoms. The Kier molecular flexibility index (Phi) is 2.86. The van der Waals surface area contributed by atoms with Gasteiger partial charge < -0.3 is 22.9 Å². The molecule has 0 bridgehead atoms. The summed E-state index contributed by atoms with van der Waals surface area (Å²) in [5.41, 5.74) is 20.2. The minimum absolute atomic E-state index is 0.166. The quantitative estimate of drug-likeness (QED) is 0.307. The normalized spacial score (nSPS) is 9.19. The smallest absolute Gasteiger partial charge is 0.302 e. The first-order valence-electron chi connectivity index (χ1n) is 3.92. The largest absolute Gasteiger partial charge is 0.382 e. The first kappa shape index (κ1) is 11.2. The summed E-state index contributed by atoms with van der Waals surface area (Å²) < 4.78 is 0. The van der Waals surface area contributed by atoms with Crippen LogP contribution in [-0.2, 0) is 0 Å². The first-order valence-corrected chi connectivity index (χ1v) is 3.92. The number of nitriles is 1. The van der Waals surface area contributed by atoms with Gasteiger partial charge in [0.25, 0.3) is 0 Å². The Morgan fingerprint density at radius 1 is 1.25 bits per heavy atom. The van der Waals surface area contributed by atoms with Crippen molar-refractivity contribution in [2.75, 3.05) is 11.5 Å². The van der Waals surface area contributed by atoms with E-state index < -0.39 is 11.9 Å². The fraction of sp³-hybridized carbons (Fsp3) is 0. The van der Waals surface area contributed by atoms with Crippen molar-refractivity contribution in [2.45, 2.75) is 0 Å². The SMILES string of the molecule is N#Cc1nc(C(=O)N=C(N)N)c(N)nc1N. The predicted octanol–water partition coefficient (Wildman–Crippen LogP) is -2.07. The van der Waals surface area contributed by atoms with Gasteiger partial charge in [0.05, 0.1) is 0 Å². The number of carbonyl (C=O) groups is 1. The van der Waals surface area contributed by atoms with Gasteiger partial charge in [-0.2, -0.15) is 10.3 Å². The average molecular weight is 220 g/mol. The fourth-order valence-electron chi connectivity index (χ4n) is 0.872. The van der Waals surface area contributed by atoms with Crippen LogP contribution in [0.15, 0.2) is 4.99 Å². The van der Waals surface area contributed by atoms with E-state index in [-0.39, 0.29) is 23.0 Å². The van der Waals surface area contributed by atoms with E-state index in [9.17, 15) is 4.79 Å². The molecule has 0 spiro atoms. The highest BCUT2D eigenvalue weighted by atomic mass is 16.1. The van der Waals surface area contributed by atoms with Gasteiger partial charge in [0.1, 0.15) is 6.07 Å². The number of rotatable bonds is 1. The van der Waals surface area contributed by atoms with Crippen molar-refractivity contribution in [1.82, 2.24) is 9.97 Å². The monoisotopic (exact) mass is 220 g/mol. The molecule has 1 rings (SSSR count). The molecule has 1 amide bonds. The fourth-order valence-corrected chi connectivity index (χ4v) is 0.872. The third kappa shape index (κ3) is 2.13. The van der Waals surface area contributed by atoms with Crippen LogP contribution < -0.4 is 22.9 Å². The molecule has 1 heterocycles. The summed E-state index contributed by atoms with van der Waals surface area (Å²) in [6.07, 6.45) is 0. The van der Waals surface area contributed by atoms with Crippen LogP contribution in [0.4, 0.5) is 11.6 Å². The van der Waals surface area contributed by atoms with Crippen molar-refractivity contribution >= 4 is 23.5 Å². The van der Waals surface area contributed by atoms with E-state index in [0.717, 1.165) is 0 Å². The molecular weight excluding hydrogens is 212 g/mol. The van der Waals surface area contributed by atoms with E-state index in [1.165, 1.54) is 0 Å². The van der Waals surface area contributed by atoms with Crippen LogP contribution in [0.1, 0.15) is 16.2 Å². The number of anilines is 2. The molecule has 1 aromatic heterocycles.